The molecule has 4 heterocycles. The lowest BCUT2D eigenvalue weighted by atomic mass is 9.69. The maximum atomic E-state index is 13.9. The number of rotatable bonds is 5. The van der Waals surface area contributed by atoms with E-state index in [-0.39, 0.29) is 35.8 Å². The Morgan fingerprint density at radius 2 is 1.66 bits per heavy atom. The Bertz CT molecular complexity index is 1400. The van der Waals surface area contributed by atoms with Gasteiger partial charge in [-0.05, 0) is 93.9 Å². The van der Waals surface area contributed by atoms with Crippen LogP contribution in [0.15, 0.2) is 53.4 Å². The van der Waals surface area contributed by atoms with Crippen molar-refractivity contribution >= 4 is 27.7 Å². The second-order valence-electron chi connectivity index (χ2n) is 12.1. The van der Waals surface area contributed by atoms with Crippen LogP contribution in [-0.4, -0.2) is 78.9 Å². The molecule has 222 valence electrons. The fourth-order valence-electron chi connectivity index (χ4n) is 7.76. The molecule has 0 aromatic heterocycles. The van der Waals surface area contributed by atoms with Crippen LogP contribution in [0.5, 0.6) is 0 Å². The molecule has 41 heavy (non-hydrogen) atoms. The summed E-state index contributed by atoms with van der Waals surface area (Å²) >= 11 is 0. The molecular formula is C31H42N4O5S. The molecule has 2 amide bonds. The molecule has 0 radical (unpaired) electrons. The first-order valence-corrected chi connectivity index (χ1v) is 16.3. The Kier molecular flexibility index (Phi) is 7.59. The average Bonchev–Trinajstić information content (AvgIpc) is 3.23. The lowest BCUT2D eigenvalue weighted by Crippen LogP contribution is -2.57. The van der Waals surface area contributed by atoms with E-state index in [9.17, 15) is 18.0 Å². The minimum absolute atomic E-state index is 0. The summed E-state index contributed by atoms with van der Waals surface area (Å²) in [4.78, 5) is 28.8. The highest BCUT2D eigenvalue weighted by Gasteiger charge is 2.49. The number of carbonyl (C=O) groups excluding carboxylic acids is 2. The number of piperidine rings is 2. The van der Waals surface area contributed by atoms with E-state index < -0.39 is 10.0 Å². The first kappa shape index (κ1) is 28.2. The summed E-state index contributed by atoms with van der Waals surface area (Å²) < 4.78 is 34.7. The molecule has 4 aliphatic rings. The van der Waals surface area contributed by atoms with Crippen LogP contribution >= 0.6 is 0 Å². The van der Waals surface area contributed by atoms with Crippen molar-refractivity contribution in [3.8, 4) is 0 Å². The Labute approximate surface area is 244 Å². The van der Waals surface area contributed by atoms with Gasteiger partial charge < -0.3 is 19.9 Å². The number of benzene rings is 2. The van der Waals surface area contributed by atoms with Crippen molar-refractivity contribution in [1.82, 2.24) is 14.1 Å². The number of nitrogens with one attached hydrogen (secondary N) is 1. The number of hydrogen-bond donors (Lipinski definition) is 1. The van der Waals surface area contributed by atoms with Gasteiger partial charge in [-0.3, -0.25) is 4.79 Å². The third kappa shape index (κ3) is 5.26. The van der Waals surface area contributed by atoms with Gasteiger partial charge in [0.25, 0.3) is 0 Å². The Hall–Kier alpha value is -2.95. The van der Waals surface area contributed by atoms with Gasteiger partial charge >= 0.3 is 6.09 Å². The number of fused-ring (bicyclic) bond motifs is 4. The van der Waals surface area contributed by atoms with Gasteiger partial charge in [0.05, 0.1) is 11.5 Å². The first-order chi connectivity index (χ1) is 19.7. The van der Waals surface area contributed by atoms with Gasteiger partial charge in [-0.25, -0.2) is 13.2 Å². The summed E-state index contributed by atoms with van der Waals surface area (Å²) in [5, 5.41) is 2.70. The van der Waals surface area contributed by atoms with Crippen molar-refractivity contribution in [2.24, 2.45) is 0 Å². The molecule has 10 heteroatoms. The van der Waals surface area contributed by atoms with Crippen molar-refractivity contribution in [2.75, 3.05) is 31.6 Å². The third-order valence-corrected chi connectivity index (χ3v) is 11.5. The molecule has 4 aliphatic heterocycles. The normalized spacial score (nSPS) is 26.0. The summed E-state index contributed by atoms with van der Waals surface area (Å²) in [6, 6.07) is 15.7. The predicted octanol–water partition coefficient (Wildman–Crippen LogP) is 4.58. The number of nitrogens with zero attached hydrogens (tertiary/aromatic N) is 3. The molecule has 2 atom stereocenters. The zero-order chi connectivity index (χ0) is 28.8. The topological polar surface area (TPSA) is 99.3 Å². The number of likely N-dealkylation sites (tertiary alicyclic amines) is 1. The van der Waals surface area contributed by atoms with Gasteiger partial charge in [0.15, 0.2) is 0 Å². The van der Waals surface area contributed by atoms with E-state index in [1.54, 1.807) is 28.6 Å². The van der Waals surface area contributed by atoms with Crippen molar-refractivity contribution < 1.29 is 24.2 Å². The summed E-state index contributed by atoms with van der Waals surface area (Å²) in [6.45, 7) is 6.33. The van der Waals surface area contributed by atoms with Gasteiger partial charge in [0.2, 0.25) is 15.9 Å². The number of ether oxygens (including phenoxy) is 1. The molecule has 1 spiro atoms. The van der Waals surface area contributed by atoms with Crippen LogP contribution in [0.3, 0.4) is 0 Å². The minimum atomic E-state index is -3.73. The van der Waals surface area contributed by atoms with Crippen LogP contribution in [0.2, 0.25) is 0 Å². The molecule has 2 unspecified atom stereocenters. The minimum Gasteiger partial charge on any atom is -0.450 e. The fraction of sp³-hybridized carbons (Fsp3) is 0.548. The van der Waals surface area contributed by atoms with E-state index in [4.69, 9.17) is 4.74 Å². The van der Waals surface area contributed by atoms with E-state index in [1.807, 2.05) is 17.9 Å². The highest BCUT2D eigenvalue weighted by Crippen LogP contribution is 2.45. The summed E-state index contributed by atoms with van der Waals surface area (Å²) in [6.07, 6.45) is 5.67. The van der Waals surface area contributed by atoms with E-state index in [0.717, 1.165) is 57.2 Å². The molecule has 3 saturated heterocycles. The van der Waals surface area contributed by atoms with E-state index in [1.165, 1.54) is 12.5 Å². The van der Waals surface area contributed by atoms with Crippen molar-refractivity contribution in [2.45, 2.75) is 87.4 Å². The number of amides is 2. The van der Waals surface area contributed by atoms with E-state index in [2.05, 4.69) is 28.4 Å². The largest absolute Gasteiger partial charge is 0.450 e. The quantitative estimate of drug-likeness (QED) is 0.554. The van der Waals surface area contributed by atoms with Gasteiger partial charge in [-0.1, -0.05) is 24.3 Å². The number of sulfonamides is 1. The lowest BCUT2D eigenvalue weighted by molar-refractivity contribution is -0.114. The predicted molar refractivity (Wildman–Crippen MR) is 158 cm³/mol. The molecule has 6 rings (SSSR count). The maximum absolute atomic E-state index is 13.9. The van der Waals surface area contributed by atoms with Crippen LogP contribution in [0, 0.1) is 0 Å². The highest BCUT2D eigenvalue weighted by atomic mass is 32.2. The summed E-state index contributed by atoms with van der Waals surface area (Å²) in [5.74, 6) is -0.196. The van der Waals surface area contributed by atoms with Crippen molar-refractivity contribution in [3.05, 3.63) is 59.7 Å². The molecule has 2 aromatic rings. The number of hydrogen-bond acceptors (Lipinski definition) is 6. The Morgan fingerprint density at radius 1 is 1.00 bits per heavy atom. The molecule has 0 aliphatic carbocycles. The SMILES string of the molecule is CCOC(=O)N1C2CCC1CC(N1CCC3(CC1)CN(S(=O)(=O)c1ccc(NC(C)=O)cc1)Cc1ccccc13)C2.[HH]. The van der Waals surface area contributed by atoms with Crippen LogP contribution in [0.1, 0.15) is 64.9 Å². The lowest BCUT2D eigenvalue weighted by Gasteiger charge is -2.51. The van der Waals surface area contributed by atoms with E-state index in [0.29, 0.717) is 31.4 Å². The Morgan fingerprint density at radius 3 is 2.29 bits per heavy atom. The monoisotopic (exact) mass is 582 g/mol. The van der Waals surface area contributed by atoms with Crippen LogP contribution in [0.4, 0.5) is 10.5 Å². The Balaban J connectivity index is 0.00000353. The first-order valence-electron chi connectivity index (χ1n) is 14.9. The summed E-state index contributed by atoms with van der Waals surface area (Å²) in [5.41, 5.74) is 2.70. The van der Waals surface area contributed by atoms with E-state index >= 15 is 0 Å². The fourth-order valence-corrected chi connectivity index (χ4v) is 9.27. The number of anilines is 1. The zero-order valence-corrected chi connectivity index (χ0v) is 24.7. The van der Waals surface area contributed by atoms with Gasteiger partial charge in [0.1, 0.15) is 0 Å². The molecule has 2 aromatic carbocycles. The standard InChI is InChI=1S/C31H40N4O5S.H2/c1-3-40-30(37)35-25-10-11-26(35)19-27(18-25)33-16-14-31(15-17-33)21-34(20-23-6-4-5-7-29(23)31)41(38,39)28-12-8-24(9-13-28)32-22(2)36;/h4-9,12-13,25-27H,3,10-11,14-21H2,1-2H3,(H,32,36);1H. The number of carbonyl (C=O) groups is 2. The molecule has 1 N–H and O–H groups in total. The van der Waals surface area contributed by atoms with Gasteiger partial charge in [0, 0.05) is 50.7 Å². The maximum Gasteiger partial charge on any atom is 0.410 e. The van der Waals surface area contributed by atoms with Gasteiger partial charge in [-0.15, -0.1) is 0 Å². The molecule has 2 bridgehead atoms. The highest BCUT2D eigenvalue weighted by molar-refractivity contribution is 7.89. The molecular weight excluding hydrogens is 540 g/mol. The molecule has 3 fully saturated rings. The van der Waals surface area contributed by atoms with Crippen molar-refractivity contribution in [1.29, 1.82) is 0 Å². The smallest absolute Gasteiger partial charge is 0.410 e. The van der Waals surface area contributed by atoms with Crippen LogP contribution in [-0.2, 0) is 31.5 Å². The third-order valence-electron chi connectivity index (χ3n) is 9.69. The van der Waals surface area contributed by atoms with Crippen LogP contribution in [0.25, 0.3) is 0 Å². The zero-order valence-electron chi connectivity index (χ0n) is 23.9. The molecule has 0 saturated carbocycles. The summed E-state index contributed by atoms with van der Waals surface area (Å²) in [7, 11) is -3.73. The second kappa shape index (κ2) is 11.0. The van der Waals surface area contributed by atoms with Crippen LogP contribution < -0.4 is 5.32 Å². The van der Waals surface area contributed by atoms with Crippen molar-refractivity contribution in [3.63, 3.8) is 0 Å². The molecule has 9 nitrogen and oxygen atoms in total. The second-order valence-corrected chi connectivity index (χ2v) is 14.0. The average molecular weight is 583 g/mol. The van der Waals surface area contributed by atoms with Gasteiger partial charge in [-0.2, -0.15) is 4.31 Å².